The van der Waals surface area contributed by atoms with Crippen LogP contribution >= 0.6 is 23.2 Å². The Morgan fingerprint density at radius 1 is 0.886 bits per heavy atom. The maximum Gasteiger partial charge on any atom is 0.239 e. The van der Waals surface area contributed by atoms with Crippen LogP contribution in [0.15, 0.2) is 48.5 Å². The summed E-state index contributed by atoms with van der Waals surface area (Å²) >= 11 is 12.1. The minimum Gasteiger partial charge on any atom is -0.352 e. The topological polar surface area (TPSA) is 61.4 Å². The van der Waals surface area contributed by atoms with E-state index in [2.05, 4.69) is 27.7 Å². The van der Waals surface area contributed by atoms with Crippen LogP contribution in [0.2, 0.25) is 10.0 Å². The highest BCUT2D eigenvalue weighted by molar-refractivity contribution is 6.30. The van der Waals surface area contributed by atoms with Gasteiger partial charge in [-0.05, 0) is 73.9 Å². The summed E-state index contributed by atoms with van der Waals surface area (Å²) in [5, 5.41) is 7.57. The Balaban J connectivity index is 1.14. The predicted molar refractivity (Wildman–Crippen MR) is 140 cm³/mol. The number of piperidine rings is 1. The van der Waals surface area contributed by atoms with Crippen LogP contribution in [-0.2, 0) is 21.5 Å². The van der Waals surface area contributed by atoms with Crippen LogP contribution in [0, 0.1) is 0 Å². The summed E-state index contributed by atoms with van der Waals surface area (Å²) in [4.78, 5) is 28.6. The molecule has 2 atom stereocenters. The monoisotopic (exact) mass is 513 g/mol. The molecule has 2 aliphatic heterocycles. The van der Waals surface area contributed by atoms with E-state index in [1.807, 2.05) is 36.4 Å². The molecule has 2 saturated heterocycles. The van der Waals surface area contributed by atoms with Crippen LogP contribution in [-0.4, -0.2) is 41.4 Å². The zero-order valence-electron chi connectivity index (χ0n) is 19.9. The first-order valence-corrected chi connectivity index (χ1v) is 13.5. The fourth-order valence-electron chi connectivity index (χ4n) is 6.45. The van der Waals surface area contributed by atoms with Gasteiger partial charge in [-0.3, -0.25) is 14.5 Å². The van der Waals surface area contributed by atoms with E-state index in [0.717, 1.165) is 55.7 Å². The van der Waals surface area contributed by atoms with E-state index in [0.29, 0.717) is 17.1 Å². The first-order chi connectivity index (χ1) is 16.9. The lowest BCUT2D eigenvalue weighted by Crippen LogP contribution is -2.52. The third kappa shape index (κ3) is 5.37. The molecule has 35 heavy (non-hydrogen) atoms. The third-order valence-corrected chi connectivity index (χ3v) is 8.73. The Bertz CT molecular complexity index is 1040. The van der Waals surface area contributed by atoms with Crippen LogP contribution in [0.5, 0.6) is 0 Å². The molecule has 0 aromatic heterocycles. The molecule has 2 aromatic rings. The number of fused-ring (bicyclic) bond motifs is 2. The van der Waals surface area contributed by atoms with E-state index in [1.54, 1.807) is 0 Å². The van der Waals surface area contributed by atoms with Crippen molar-refractivity contribution < 1.29 is 9.59 Å². The van der Waals surface area contributed by atoms with Crippen LogP contribution in [0.3, 0.4) is 0 Å². The molecule has 2 heterocycles. The van der Waals surface area contributed by atoms with Crippen molar-refractivity contribution in [3.8, 4) is 0 Å². The summed E-state index contributed by atoms with van der Waals surface area (Å²) in [6, 6.07) is 16.8. The van der Waals surface area contributed by atoms with Gasteiger partial charge in [0.2, 0.25) is 11.8 Å². The highest BCUT2D eigenvalue weighted by Gasteiger charge is 2.43. The quantitative estimate of drug-likeness (QED) is 0.532. The molecule has 0 radical (unpaired) electrons. The zero-order valence-corrected chi connectivity index (χ0v) is 21.5. The van der Waals surface area contributed by atoms with Crippen molar-refractivity contribution in [2.24, 2.45) is 0 Å². The van der Waals surface area contributed by atoms with Gasteiger partial charge in [-0.25, -0.2) is 0 Å². The maximum atomic E-state index is 13.3. The van der Waals surface area contributed by atoms with E-state index >= 15 is 0 Å². The highest BCUT2D eigenvalue weighted by atomic mass is 35.5. The third-order valence-electron chi connectivity index (χ3n) is 8.23. The van der Waals surface area contributed by atoms with Crippen molar-refractivity contribution in [1.29, 1.82) is 0 Å². The molecule has 7 heteroatoms. The molecule has 2 bridgehead atoms. The van der Waals surface area contributed by atoms with Gasteiger partial charge in [-0.2, -0.15) is 0 Å². The number of halogens is 2. The number of carbonyl (C=O) groups excluding carboxylic acids is 2. The molecular weight excluding hydrogens is 481 g/mol. The number of nitrogens with one attached hydrogen (secondary N) is 2. The number of nitrogens with zero attached hydrogens (tertiary/aromatic N) is 1. The summed E-state index contributed by atoms with van der Waals surface area (Å²) in [7, 11) is 0. The maximum absolute atomic E-state index is 13.3. The molecule has 3 fully saturated rings. The molecule has 5 rings (SSSR count). The van der Waals surface area contributed by atoms with Crippen molar-refractivity contribution in [3.63, 3.8) is 0 Å². The normalized spacial score (nSPS) is 25.4. The molecule has 1 aliphatic carbocycles. The van der Waals surface area contributed by atoms with Crippen molar-refractivity contribution in [2.45, 2.75) is 81.5 Å². The van der Waals surface area contributed by atoms with Gasteiger partial charge in [0.1, 0.15) is 0 Å². The van der Waals surface area contributed by atoms with Crippen LogP contribution in [0.4, 0.5) is 0 Å². The molecule has 1 saturated carbocycles. The highest BCUT2D eigenvalue weighted by Crippen LogP contribution is 2.42. The number of carbonyl (C=O) groups is 2. The average molecular weight is 514 g/mol. The van der Waals surface area contributed by atoms with Gasteiger partial charge in [0.25, 0.3) is 0 Å². The summed E-state index contributed by atoms with van der Waals surface area (Å²) in [6.07, 6.45) is 7.89. The molecule has 2 amide bonds. The fourth-order valence-corrected chi connectivity index (χ4v) is 6.71. The largest absolute Gasteiger partial charge is 0.352 e. The van der Waals surface area contributed by atoms with Crippen molar-refractivity contribution in [3.05, 3.63) is 69.7 Å². The van der Waals surface area contributed by atoms with Crippen LogP contribution < -0.4 is 10.6 Å². The Labute approximate surface area is 217 Å². The standard InChI is InChI=1S/C28H33Cl2N3O2/c29-21-7-3-19(4-8-21)18-33-24-11-12-25(33)16-23(15-24)32-26(34)17-31-27(35)28(13-1-2-14-28)20-5-9-22(30)10-6-20/h3-10,23-25H,1-2,11-18H2,(H,31,35)(H,32,34)/t24-,25-/m1/s1. The Morgan fingerprint density at radius 2 is 1.46 bits per heavy atom. The van der Waals surface area contributed by atoms with Gasteiger partial charge >= 0.3 is 0 Å². The molecule has 186 valence electrons. The molecule has 3 aliphatic rings. The number of hydrogen-bond acceptors (Lipinski definition) is 3. The fraction of sp³-hybridized carbons (Fsp3) is 0.500. The van der Waals surface area contributed by atoms with Crippen LogP contribution in [0.25, 0.3) is 0 Å². The van der Waals surface area contributed by atoms with Gasteiger partial charge in [0.15, 0.2) is 0 Å². The Morgan fingerprint density at radius 3 is 2.06 bits per heavy atom. The van der Waals surface area contributed by atoms with E-state index in [1.165, 1.54) is 18.4 Å². The lowest BCUT2D eigenvalue weighted by molar-refractivity contribution is -0.130. The predicted octanol–water partition coefficient (Wildman–Crippen LogP) is 5.23. The minimum absolute atomic E-state index is 0.0223. The van der Waals surface area contributed by atoms with Gasteiger partial charge in [-0.15, -0.1) is 0 Å². The van der Waals surface area contributed by atoms with Gasteiger partial charge in [0.05, 0.1) is 12.0 Å². The molecule has 0 unspecified atom stereocenters. The van der Waals surface area contributed by atoms with Gasteiger partial charge < -0.3 is 10.6 Å². The van der Waals surface area contributed by atoms with E-state index in [-0.39, 0.29) is 24.4 Å². The number of benzene rings is 2. The van der Waals surface area contributed by atoms with Crippen molar-refractivity contribution in [1.82, 2.24) is 15.5 Å². The first kappa shape index (κ1) is 24.6. The molecule has 2 N–H and O–H groups in total. The number of amides is 2. The molecule has 5 nitrogen and oxygen atoms in total. The second kappa shape index (κ2) is 10.5. The second-order valence-corrected chi connectivity index (χ2v) is 11.3. The van der Waals surface area contributed by atoms with E-state index in [4.69, 9.17) is 23.2 Å². The summed E-state index contributed by atoms with van der Waals surface area (Å²) < 4.78 is 0. The summed E-state index contributed by atoms with van der Waals surface area (Å²) in [5.41, 5.74) is 1.71. The first-order valence-electron chi connectivity index (χ1n) is 12.8. The van der Waals surface area contributed by atoms with Gasteiger partial charge in [0, 0.05) is 34.7 Å². The molecule has 0 spiro atoms. The van der Waals surface area contributed by atoms with E-state index in [9.17, 15) is 9.59 Å². The van der Waals surface area contributed by atoms with Crippen molar-refractivity contribution >= 4 is 35.0 Å². The average Bonchev–Trinajstić information content (AvgIpc) is 3.43. The lowest BCUT2D eigenvalue weighted by atomic mass is 9.78. The lowest BCUT2D eigenvalue weighted by Gasteiger charge is -2.39. The molecular formula is C28H33Cl2N3O2. The zero-order chi connectivity index (χ0) is 24.4. The minimum atomic E-state index is -0.559. The van der Waals surface area contributed by atoms with Gasteiger partial charge in [-0.1, -0.05) is 60.3 Å². The SMILES string of the molecule is O=C(CNC(=O)C1(c2ccc(Cl)cc2)CCCC1)NC1C[C@H]2CC[C@H](C1)N2Cc1ccc(Cl)cc1. The summed E-state index contributed by atoms with van der Waals surface area (Å²) in [6.45, 7) is 0.949. The molecule has 2 aromatic carbocycles. The number of hydrogen-bond donors (Lipinski definition) is 2. The van der Waals surface area contributed by atoms with Crippen LogP contribution in [0.1, 0.15) is 62.5 Å². The van der Waals surface area contributed by atoms with Crippen molar-refractivity contribution in [2.75, 3.05) is 6.54 Å². The number of rotatable bonds is 7. The smallest absolute Gasteiger partial charge is 0.239 e. The Hall–Kier alpha value is -2.08. The van der Waals surface area contributed by atoms with E-state index < -0.39 is 5.41 Å². The second-order valence-electron chi connectivity index (χ2n) is 10.4. The summed E-state index contributed by atoms with van der Waals surface area (Å²) in [5.74, 6) is -0.150. The Kier molecular flexibility index (Phi) is 7.38.